The first-order chi connectivity index (χ1) is 18.1. The Morgan fingerprint density at radius 1 is 1.13 bits per heavy atom. The molecule has 0 atom stereocenters. The molecular formula is C24H30ClN7O5S. The monoisotopic (exact) mass is 563 g/mol. The number of aromatic nitrogens is 3. The minimum atomic E-state index is -3.68. The molecule has 0 unspecified atom stereocenters. The lowest BCUT2D eigenvalue weighted by Gasteiger charge is -2.17. The normalized spacial score (nSPS) is 11.5. The maximum absolute atomic E-state index is 12.7. The van der Waals surface area contributed by atoms with E-state index in [-0.39, 0.29) is 45.7 Å². The zero-order chi connectivity index (χ0) is 27.9. The molecule has 4 N–H and O–H groups in total. The number of carbonyl (C=O) groups is 1. The number of carbonyl (C=O) groups excluding carboxylic acids is 1. The Balaban J connectivity index is 1.82. The van der Waals surface area contributed by atoms with E-state index >= 15 is 0 Å². The number of rotatable bonds is 12. The second-order valence-corrected chi connectivity index (χ2v) is 11.2. The van der Waals surface area contributed by atoms with Gasteiger partial charge in [-0.2, -0.15) is 4.98 Å². The minimum Gasteiger partial charge on any atom is -0.338 e. The highest BCUT2D eigenvalue weighted by Gasteiger charge is 2.25. The summed E-state index contributed by atoms with van der Waals surface area (Å²) in [6.07, 6.45) is 2.72. The smallest absolute Gasteiger partial charge is 0.238 e. The predicted octanol–water partition coefficient (Wildman–Crippen LogP) is 4.33. The van der Waals surface area contributed by atoms with E-state index in [0.717, 1.165) is 13.1 Å². The van der Waals surface area contributed by atoms with E-state index in [4.69, 9.17) is 11.6 Å². The van der Waals surface area contributed by atoms with Gasteiger partial charge in [-0.3, -0.25) is 9.69 Å². The van der Waals surface area contributed by atoms with E-state index in [9.17, 15) is 18.5 Å². The molecule has 2 heterocycles. The average Bonchev–Trinajstić information content (AvgIpc) is 2.90. The Morgan fingerprint density at radius 3 is 2.53 bits per heavy atom. The third kappa shape index (κ3) is 7.07. The summed E-state index contributed by atoms with van der Waals surface area (Å²) in [5, 5.41) is 17.3. The van der Waals surface area contributed by atoms with E-state index < -0.39 is 15.1 Å². The molecule has 0 fully saturated rings. The summed E-state index contributed by atoms with van der Waals surface area (Å²) in [4.78, 5) is 31.3. The van der Waals surface area contributed by atoms with E-state index in [1.165, 1.54) is 18.5 Å². The molecule has 0 aliphatic carbocycles. The van der Waals surface area contributed by atoms with Gasteiger partial charge in [-0.05, 0) is 51.2 Å². The van der Waals surface area contributed by atoms with Crippen molar-refractivity contribution < 1.29 is 23.4 Å². The third-order valence-electron chi connectivity index (χ3n) is 5.53. The van der Waals surface area contributed by atoms with Gasteiger partial charge in [0.15, 0.2) is 26.4 Å². The Kier molecular flexibility index (Phi) is 9.80. The summed E-state index contributed by atoms with van der Waals surface area (Å²) < 4.78 is 25.5. The highest BCUT2D eigenvalue weighted by Crippen LogP contribution is 2.32. The molecule has 1 amide bonds. The maximum Gasteiger partial charge on any atom is 0.238 e. The summed E-state index contributed by atoms with van der Waals surface area (Å²) >= 11 is 6.27. The molecule has 0 aliphatic rings. The van der Waals surface area contributed by atoms with Gasteiger partial charge in [-0.15, -0.1) is 0 Å². The SMILES string of the molecule is CCN(CC)CC(=O)Nc1ccc(Nc2ncc(Cl)c(Nc3cccnc3S(=O)(=O)C(C)C)n2)c(OO)c1. The van der Waals surface area contributed by atoms with Gasteiger partial charge in [0.1, 0.15) is 5.02 Å². The Hall–Kier alpha value is -3.52. The van der Waals surface area contributed by atoms with E-state index in [2.05, 4.69) is 35.8 Å². The van der Waals surface area contributed by atoms with Crippen molar-refractivity contribution >= 4 is 56.2 Å². The second kappa shape index (κ2) is 12.8. The Morgan fingerprint density at radius 2 is 1.87 bits per heavy atom. The number of nitrogens with one attached hydrogen (secondary N) is 3. The number of anilines is 5. The number of halogens is 1. The van der Waals surface area contributed by atoms with E-state index in [0.29, 0.717) is 11.4 Å². The van der Waals surface area contributed by atoms with Gasteiger partial charge < -0.3 is 20.8 Å². The van der Waals surface area contributed by atoms with Gasteiger partial charge in [0.25, 0.3) is 0 Å². The fourth-order valence-electron chi connectivity index (χ4n) is 3.33. The van der Waals surface area contributed by atoms with Crippen LogP contribution in [0.1, 0.15) is 27.7 Å². The van der Waals surface area contributed by atoms with Crippen LogP contribution >= 0.6 is 11.6 Å². The average molecular weight is 564 g/mol. The first kappa shape index (κ1) is 29.0. The van der Waals surface area contributed by atoms with Crippen LogP contribution < -0.4 is 20.8 Å². The van der Waals surface area contributed by atoms with Crippen molar-refractivity contribution in [2.24, 2.45) is 0 Å². The number of amides is 1. The van der Waals surface area contributed by atoms with Gasteiger partial charge in [0, 0.05) is 18.0 Å². The largest absolute Gasteiger partial charge is 0.338 e. The number of benzene rings is 1. The minimum absolute atomic E-state index is 0.0104. The van der Waals surface area contributed by atoms with E-state index in [1.807, 2.05) is 18.7 Å². The lowest BCUT2D eigenvalue weighted by Crippen LogP contribution is -2.32. The zero-order valence-electron chi connectivity index (χ0n) is 21.4. The lowest BCUT2D eigenvalue weighted by atomic mass is 10.2. The van der Waals surface area contributed by atoms with Crippen LogP contribution in [0.3, 0.4) is 0 Å². The first-order valence-electron chi connectivity index (χ1n) is 11.8. The Labute approximate surface area is 226 Å². The van der Waals surface area contributed by atoms with Crippen molar-refractivity contribution in [3.63, 3.8) is 0 Å². The highest BCUT2D eigenvalue weighted by molar-refractivity contribution is 7.92. The summed E-state index contributed by atoms with van der Waals surface area (Å²) in [5.41, 5.74) is 0.926. The quantitative estimate of drug-likeness (QED) is 0.183. The molecule has 204 valence electrons. The van der Waals surface area contributed by atoms with Crippen LogP contribution in [0.4, 0.5) is 28.8 Å². The topological polar surface area (TPSA) is 159 Å². The van der Waals surface area contributed by atoms with Gasteiger partial charge in [0.2, 0.25) is 11.9 Å². The number of pyridine rings is 1. The zero-order valence-corrected chi connectivity index (χ0v) is 23.0. The number of hydrogen-bond donors (Lipinski definition) is 4. The van der Waals surface area contributed by atoms with Crippen LogP contribution in [0.15, 0.2) is 47.8 Å². The molecule has 0 bridgehead atoms. The summed E-state index contributed by atoms with van der Waals surface area (Å²) in [5.74, 6) is 0.00961. The number of sulfone groups is 1. The van der Waals surface area contributed by atoms with Crippen molar-refractivity contribution in [2.45, 2.75) is 38.0 Å². The fourth-order valence-corrected chi connectivity index (χ4v) is 4.55. The summed E-state index contributed by atoms with van der Waals surface area (Å²) in [6.45, 7) is 8.78. The number of nitrogens with zero attached hydrogens (tertiary/aromatic N) is 4. The van der Waals surface area contributed by atoms with Gasteiger partial charge in [0.05, 0.1) is 29.4 Å². The number of likely N-dealkylation sites (N-methyl/N-ethyl adjacent to an activating group) is 1. The van der Waals surface area contributed by atoms with Gasteiger partial charge in [-0.1, -0.05) is 25.4 Å². The van der Waals surface area contributed by atoms with Crippen molar-refractivity contribution in [1.29, 1.82) is 0 Å². The molecule has 3 rings (SSSR count). The molecule has 0 saturated carbocycles. The predicted molar refractivity (Wildman–Crippen MR) is 146 cm³/mol. The van der Waals surface area contributed by atoms with Crippen LogP contribution in [-0.2, 0) is 14.6 Å². The van der Waals surface area contributed by atoms with Crippen molar-refractivity contribution in [3.8, 4) is 5.75 Å². The fraction of sp³-hybridized carbons (Fsp3) is 0.333. The molecule has 0 radical (unpaired) electrons. The second-order valence-electron chi connectivity index (χ2n) is 8.40. The van der Waals surface area contributed by atoms with Crippen molar-refractivity contribution in [2.75, 3.05) is 35.6 Å². The van der Waals surface area contributed by atoms with Crippen LogP contribution in [0.5, 0.6) is 5.75 Å². The molecule has 1 aromatic carbocycles. The van der Waals surface area contributed by atoms with Crippen LogP contribution in [0.25, 0.3) is 0 Å². The molecule has 0 spiro atoms. The maximum atomic E-state index is 12.7. The van der Waals surface area contributed by atoms with E-state index in [1.54, 1.807) is 38.1 Å². The van der Waals surface area contributed by atoms with Crippen LogP contribution in [0, 0.1) is 0 Å². The summed E-state index contributed by atoms with van der Waals surface area (Å²) in [7, 11) is -3.68. The molecule has 12 nitrogen and oxygen atoms in total. The summed E-state index contributed by atoms with van der Waals surface area (Å²) in [6, 6.07) is 7.77. The standard InChI is InChI=1S/C24H30ClN7O5S/c1-5-32(6-2)14-21(33)28-16-9-10-18(20(12-16)37-34)30-24-27-13-17(25)22(31-24)29-19-8-7-11-26-23(19)38(35,36)15(3)4/h7-13,15,34H,5-6,14H2,1-4H3,(H,28,33)(H2,27,29,30,31). The van der Waals surface area contributed by atoms with Crippen LogP contribution in [0.2, 0.25) is 5.02 Å². The first-order valence-corrected chi connectivity index (χ1v) is 13.7. The van der Waals surface area contributed by atoms with Crippen molar-refractivity contribution in [3.05, 3.63) is 47.7 Å². The Bertz CT molecular complexity index is 1380. The van der Waals surface area contributed by atoms with Crippen LogP contribution in [-0.4, -0.2) is 64.3 Å². The molecular weight excluding hydrogens is 534 g/mol. The molecule has 3 aromatic rings. The molecule has 0 saturated heterocycles. The molecule has 14 heteroatoms. The molecule has 2 aromatic heterocycles. The van der Waals surface area contributed by atoms with Gasteiger partial charge in [-0.25, -0.2) is 23.6 Å². The third-order valence-corrected chi connectivity index (χ3v) is 7.91. The molecule has 0 aliphatic heterocycles. The number of hydrogen-bond acceptors (Lipinski definition) is 11. The van der Waals surface area contributed by atoms with Crippen molar-refractivity contribution in [1.82, 2.24) is 19.9 Å². The molecule has 38 heavy (non-hydrogen) atoms. The highest BCUT2D eigenvalue weighted by atomic mass is 35.5. The lowest BCUT2D eigenvalue weighted by molar-refractivity contribution is -0.136. The van der Waals surface area contributed by atoms with Gasteiger partial charge >= 0.3 is 0 Å².